The quantitative estimate of drug-likeness (QED) is 0.798. The fourth-order valence-electron chi connectivity index (χ4n) is 3.13. The van der Waals surface area contributed by atoms with Gasteiger partial charge in [-0.3, -0.25) is 14.5 Å². The van der Waals surface area contributed by atoms with Crippen molar-refractivity contribution in [3.8, 4) is 0 Å². The van der Waals surface area contributed by atoms with Crippen molar-refractivity contribution in [1.29, 1.82) is 0 Å². The van der Waals surface area contributed by atoms with Gasteiger partial charge >= 0.3 is 0 Å². The molecule has 0 aromatic heterocycles. The zero-order valence-electron chi connectivity index (χ0n) is 12.5. The normalized spacial score (nSPS) is 27.0. The van der Waals surface area contributed by atoms with E-state index >= 15 is 0 Å². The molecule has 5 nitrogen and oxygen atoms in total. The number of amides is 2. The molecule has 2 fully saturated rings. The summed E-state index contributed by atoms with van der Waals surface area (Å²) in [5.41, 5.74) is 1.24. The van der Waals surface area contributed by atoms with Crippen LogP contribution in [0.3, 0.4) is 0 Å². The molecular weight excluding hydrogens is 266 g/mol. The van der Waals surface area contributed by atoms with Crippen LogP contribution in [0.15, 0.2) is 30.3 Å². The predicted octanol–water partition coefficient (Wildman–Crippen LogP) is 0.560. The van der Waals surface area contributed by atoms with Crippen LogP contribution in [-0.2, 0) is 16.1 Å². The number of hydrogen-bond donors (Lipinski definition) is 0. The van der Waals surface area contributed by atoms with E-state index in [4.69, 9.17) is 0 Å². The molecule has 0 spiro atoms. The van der Waals surface area contributed by atoms with Gasteiger partial charge in [0.25, 0.3) is 0 Å². The van der Waals surface area contributed by atoms with Crippen LogP contribution in [0.1, 0.15) is 12.5 Å². The van der Waals surface area contributed by atoms with Crippen molar-refractivity contribution in [2.75, 3.05) is 26.7 Å². The number of likely N-dealkylation sites (N-methyl/N-ethyl adjacent to an activating group) is 1. The van der Waals surface area contributed by atoms with Gasteiger partial charge in [-0.15, -0.1) is 0 Å². The predicted molar refractivity (Wildman–Crippen MR) is 79.5 cm³/mol. The molecular formula is C16H21N3O2. The van der Waals surface area contributed by atoms with Crippen LogP contribution in [0.2, 0.25) is 0 Å². The van der Waals surface area contributed by atoms with E-state index in [9.17, 15) is 9.59 Å². The van der Waals surface area contributed by atoms with Crippen molar-refractivity contribution in [2.45, 2.75) is 25.6 Å². The standard InChI is InChI=1S/C16H21N3O2/c1-12-15(20)19-9-8-18(10-13-6-4-3-5-7-13)11-14(19)16(21)17(12)2/h3-7,12,14H,8-11H2,1-2H3/t12-,14+/m0/s1. The van der Waals surface area contributed by atoms with Crippen LogP contribution < -0.4 is 0 Å². The van der Waals surface area contributed by atoms with Crippen LogP contribution in [0.25, 0.3) is 0 Å². The summed E-state index contributed by atoms with van der Waals surface area (Å²) in [6.45, 7) is 4.70. The average Bonchev–Trinajstić information content (AvgIpc) is 2.52. The highest BCUT2D eigenvalue weighted by atomic mass is 16.2. The summed E-state index contributed by atoms with van der Waals surface area (Å²) in [5.74, 6) is 0.126. The fourth-order valence-corrected chi connectivity index (χ4v) is 3.13. The van der Waals surface area contributed by atoms with Crippen LogP contribution in [0, 0.1) is 0 Å². The molecule has 21 heavy (non-hydrogen) atoms. The Hall–Kier alpha value is -1.88. The molecule has 0 bridgehead atoms. The average molecular weight is 287 g/mol. The maximum atomic E-state index is 12.4. The Morgan fingerprint density at radius 2 is 1.81 bits per heavy atom. The summed E-state index contributed by atoms with van der Waals surface area (Å²) in [5, 5.41) is 0. The molecule has 2 heterocycles. The molecule has 0 N–H and O–H groups in total. The Bertz CT molecular complexity index is 546. The third-order valence-corrected chi connectivity index (χ3v) is 4.57. The first-order chi connectivity index (χ1) is 10.1. The summed E-state index contributed by atoms with van der Waals surface area (Å²) in [6, 6.07) is 9.57. The lowest BCUT2D eigenvalue weighted by Gasteiger charge is -2.47. The van der Waals surface area contributed by atoms with E-state index in [1.165, 1.54) is 5.56 Å². The minimum Gasteiger partial charge on any atom is -0.332 e. The van der Waals surface area contributed by atoms with Crippen LogP contribution in [0.5, 0.6) is 0 Å². The first-order valence-corrected chi connectivity index (χ1v) is 7.41. The smallest absolute Gasteiger partial charge is 0.247 e. The van der Waals surface area contributed by atoms with Crippen LogP contribution in [-0.4, -0.2) is 65.3 Å². The third kappa shape index (κ3) is 2.53. The van der Waals surface area contributed by atoms with Gasteiger partial charge in [-0.2, -0.15) is 0 Å². The van der Waals surface area contributed by atoms with E-state index in [1.54, 1.807) is 23.8 Å². The monoisotopic (exact) mass is 287 g/mol. The summed E-state index contributed by atoms with van der Waals surface area (Å²) in [6.07, 6.45) is 0. The maximum Gasteiger partial charge on any atom is 0.247 e. The summed E-state index contributed by atoms with van der Waals surface area (Å²) < 4.78 is 0. The number of hydrogen-bond acceptors (Lipinski definition) is 3. The molecule has 1 aromatic rings. The van der Waals surface area contributed by atoms with Crippen LogP contribution in [0.4, 0.5) is 0 Å². The maximum absolute atomic E-state index is 12.4. The number of carbonyl (C=O) groups is 2. The van der Waals surface area contributed by atoms with Gasteiger partial charge in [0.05, 0.1) is 0 Å². The molecule has 0 radical (unpaired) electrons. The summed E-state index contributed by atoms with van der Waals surface area (Å²) >= 11 is 0. The van der Waals surface area contributed by atoms with Gasteiger partial charge in [0.1, 0.15) is 12.1 Å². The highest BCUT2D eigenvalue weighted by molar-refractivity contribution is 5.96. The zero-order valence-corrected chi connectivity index (χ0v) is 12.5. The molecule has 2 saturated heterocycles. The molecule has 0 aliphatic carbocycles. The summed E-state index contributed by atoms with van der Waals surface area (Å²) in [7, 11) is 1.72. The van der Waals surface area contributed by atoms with Gasteiger partial charge in [0.15, 0.2) is 0 Å². The van der Waals surface area contributed by atoms with E-state index in [0.29, 0.717) is 13.1 Å². The van der Waals surface area contributed by atoms with Crippen molar-refractivity contribution in [1.82, 2.24) is 14.7 Å². The topological polar surface area (TPSA) is 43.9 Å². The second kappa shape index (κ2) is 5.48. The van der Waals surface area contributed by atoms with E-state index in [1.807, 2.05) is 18.2 Å². The first-order valence-electron chi connectivity index (χ1n) is 7.41. The number of piperazine rings is 2. The lowest BCUT2D eigenvalue weighted by molar-refractivity contribution is -0.163. The third-order valence-electron chi connectivity index (χ3n) is 4.57. The summed E-state index contributed by atoms with van der Waals surface area (Å²) in [4.78, 5) is 30.3. The van der Waals surface area contributed by atoms with Gasteiger partial charge in [-0.25, -0.2) is 0 Å². The second-order valence-corrected chi connectivity index (χ2v) is 5.89. The van der Waals surface area contributed by atoms with Crippen molar-refractivity contribution in [3.05, 3.63) is 35.9 Å². The Labute approximate surface area is 125 Å². The van der Waals surface area contributed by atoms with Crippen molar-refractivity contribution >= 4 is 11.8 Å². The molecule has 0 saturated carbocycles. The molecule has 0 unspecified atom stereocenters. The zero-order chi connectivity index (χ0) is 15.0. The lowest BCUT2D eigenvalue weighted by atomic mass is 10.0. The lowest BCUT2D eigenvalue weighted by Crippen LogP contribution is -2.68. The first kappa shape index (κ1) is 14.1. The van der Waals surface area contributed by atoms with Crippen molar-refractivity contribution < 1.29 is 9.59 Å². The van der Waals surface area contributed by atoms with E-state index in [2.05, 4.69) is 17.0 Å². The number of carbonyl (C=O) groups excluding carboxylic acids is 2. The van der Waals surface area contributed by atoms with Crippen molar-refractivity contribution in [3.63, 3.8) is 0 Å². The Morgan fingerprint density at radius 1 is 1.10 bits per heavy atom. The van der Waals surface area contributed by atoms with E-state index in [-0.39, 0.29) is 23.9 Å². The number of benzene rings is 1. The van der Waals surface area contributed by atoms with E-state index < -0.39 is 0 Å². The molecule has 112 valence electrons. The molecule has 2 atom stereocenters. The highest BCUT2D eigenvalue weighted by Gasteiger charge is 2.44. The fraction of sp³-hybridized carbons (Fsp3) is 0.500. The highest BCUT2D eigenvalue weighted by Crippen LogP contribution is 2.21. The Morgan fingerprint density at radius 3 is 2.52 bits per heavy atom. The second-order valence-electron chi connectivity index (χ2n) is 5.89. The molecule has 2 aliphatic rings. The van der Waals surface area contributed by atoms with Gasteiger partial charge < -0.3 is 9.80 Å². The van der Waals surface area contributed by atoms with Crippen LogP contribution >= 0.6 is 0 Å². The largest absolute Gasteiger partial charge is 0.332 e. The minimum atomic E-state index is -0.338. The van der Waals surface area contributed by atoms with Gasteiger partial charge in [-0.1, -0.05) is 30.3 Å². The number of rotatable bonds is 2. The molecule has 1 aromatic carbocycles. The van der Waals surface area contributed by atoms with Crippen molar-refractivity contribution in [2.24, 2.45) is 0 Å². The van der Waals surface area contributed by atoms with Gasteiger partial charge in [0, 0.05) is 33.2 Å². The van der Waals surface area contributed by atoms with Gasteiger partial charge in [-0.05, 0) is 12.5 Å². The SMILES string of the molecule is C[C@H]1C(=O)N2CCN(Cc3ccccc3)C[C@@H]2C(=O)N1C. The van der Waals surface area contributed by atoms with E-state index in [0.717, 1.165) is 13.1 Å². The molecule has 3 rings (SSSR count). The molecule has 2 aliphatic heterocycles. The number of nitrogens with zero attached hydrogens (tertiary/aromatic N) is 3. The van der Waals surface area contributed by atoms with Gasteiger partial charge in [0.2, 0.25) is 11.8 Å². The minimum absolute atomic E-state index is 0.0554. The Balaban J connectivity index is 1.72. The molecule has 2 amide bonds. The Kier molecular flexibility index (Phi) is 3.68. The number of fused-ring (bicyclic) bond motifs is 1. The molecule has 5 heteroatoms.